The van der Waals surface area contributed by atoms with Crippen LogP contribution >= 0.6 is 0 Å². The van der Waals surface area contributed by atoms with Crippen LogP contribution in [-0.4, -0.2) is 48.8 Å². The fourth-order valence-electron chi connectivity index (χ4n) is 2.63. The third kappa shape index (κ3) is 11.6. The Morgan fingerprint density at radius 3 is 1.77 bits per heavy atom. The van der Waals surface area contributed by atoms with Gasteiger partial charge in [-0.3, -0.25) is 14.4 Å². The summed E-state index contributed by atoms with van der Waals surface area (Å²) in [5.41, 5.74) is 0.611. The predicted molar refractivity (Wildman–Crippen MR) is 116 cm³/mol. The summed E-state index contributed by atoms with van der Waals surface area (Å²) in [4.78, 5) is 37.5. The molecule has 0 aliphatic heterocycles. The van der Waals surface area contributed by atoms with Crippen molar-refractivity contribution >= 4 is 17.7 Å². The van der Waals surface area contributed by atoms with E-state index in [1.807, 2.05) is 30.3 Å². The molecule has 0 spiro atoms. The van der Waals surface area contributed by atoms with Gasteiger partial charge in [0, 0.05) is 18.7 Å². The minimum Gasteiger partial charge on any atom is -0.339 e. The molecule has 31 heavy (non-hydrogen) atoms. The summed E-state index contributed by atoms with van der Waals surface area (Å²) in [5, 5.41) is 21.7. The standard InChI is InChI=1S/C23H27N5O3/c24-14-16-26-21(29)12-6-2-8-18-28(23(31)20-10-4-1-5-11-20)19-9-3-7-13-22(30)27-17-15-25/h1,4-7,10-13H,2-3,8-9,16-19H2,(H,26,29)(H,27,30). The van der Waals surface area contributed by atoms with E-state index in [0.29, 0.717) is 44.3 Å². The minimum absolute atomic E-state index is 0.0308. The molecule has 2 N–H and O–H groups in total. The van der Waals surface area contributed by atoms with E-state index >= 15 is 0 Å². The Morgan fingerprint density at radius 2 is 1.32 bits per heavy atom. The second-order valence-corrected chi connectivity index (χ2v) is 6.50. The summed E-state index contributed by atoms with van der Waals surface area (Å²) in [5.74, 6) is -0.694. The number of hydrogen-bond acceptors (Lipinski definition) is 5. The van der Waals surface area contributed by atoms with E-state index in [4.69, 9.17) is 10.5 Å². The summed E-state index contributed by atoms with van der Waals surface area (Å²) in [6, 6.07) is 12.7. The van der Waals surface area contributed by atoms with Crippen LogP contribution in [0.1, 0.15) is 36.0 Å². The molecule has 1 aromatic rings. The van der Waals surface area contributed by atoms with Gasteiger partial charge in [0.25, 0.3) is 5.91 Å². The van der Waals surface area contributed by atoms with Crippen molar-refractivity contribution in [1.29, 1.82) is 10.5 Å². The lowest BCUT2D eigenvalue weighted by Gasteiger charge is -2.22. The molecular formula is C23H27N5O3. The quantitative estimate of drug-likeness (QED) is 0.286. The van der Waals surface area contributed by atoms with Crippen LogP contribution in [0.2, 0.25) is 0 Å². The van der Waals surface area contributed by atoms with Gasteiger partial charge in [-0.15, -0.1) is 0 Å². The van der Waals surface area contributed by atoms with E-state index in [0.717, 1.165) is 0 Å². The third-order valence-electron chi connectivity index (χ3n) is 4.13. The molecule has 0 saturated heterocycles. The Kier molecular flexibility index (Phi) is 12.9. The number of carbonyl (C=O) groups is 3. The number of amides is 3. The SMILES string of the molecule is N#CCNC(=O)C=CCCCN(CCCC=CC(=O)NCC#N)C(=O)c1ccccc1. The highest BCUT2D eigenvalue weighted by Crippen LogP contribution is 2.08. The maximum Gasteiger partial charge on any atom is 0.253 e. The summed E-state index contributed by atoms with van der Waals surface area (Å²) in [7, 11) is 0. The van der Waals surface area contributed by atoms with Crippen LogP contribution in [0.5, 0.6) is 0 Å². The van der Waals surface area contributed by atoms with E-state index in [2.05, 4.69) is 10.6 Å². The van der Waals surface area contributed by atoms with Crippen LogP contribution in [0.3, 0.4) is 0 Å². The molecule has 162 valence electrons. The number of hydrogen-bond donors (Lipinski definition) is 2. The fourth-order valence-corrected chi connectivity index (χ4v) is 2.63. The molecule has 1 rings (SSSR count). The Hall–Kier alpha value is -3.91. The fraction of sp³-hybridized carbons (Fsp3) is 0.348. The van der Waals surface area contributed by atoms with Gasteiger partial charge in [0.2, 0.25) is 11.8 Å². The van der Waals surface area contributed by atoms with Crippen molar-refractivity contribution in [3.05, 3.63) is 60.2 Å². The van der Waals surface area contributed by atoms with Crippen LogP contribution in [0.25, 0.3) is 0 Å². The zero-order chi connectivity index (χ0) is 22.7. The number of nitrogens with zero attached hydrogens (tertiary/aromatic N) is 3. The summed E-state index contributed by atoms with van der Waals surface area (Å²) in [6.07, 6.45) is 8.85. The van der Waals surface area contributed by atoms with E-state index in [-0.39, 0.29) is 30.8 Å². The lowest BCUT2D eigenvalue weighted by Crippen LogP contribution is -2.33. The molecule has 0 bridgehead atoms. The summed E-state index contributed by atoms with van der Waals surface area (Å²) in [6.45, 7) is 1.00. The van der Waals surface area contributed by atoms with Crippen LogP contribution in [0.15, 0.2) is 54.6 Å². The number of unbranched alkanes of at least 4 members (excludes halogenated alkanes) is 2. The Labute approximate surface area is 182 Å². The molecule has 0 unspecified atom stereocenters. The zero-order valence-electron chi connectivity index (χ0n) is 17.4. The highest BCUT2D eigenvalue weighted by Gasteiger charge is 2.14. The molecule has 0 heterocycles. The highest BCUT2D eigenvalue weighted by molar-refractivity contribution is 5.94. The molecule has 0 aliphatic carbocycles. The lowest BCUT2D eigenvalue weighted by molar-refractivity contribution is -0.117. The van der Waals surface area contributed by atoms with Crippen LogP contribution in [0, 0.1) is 22.7 Å². The normalized spacial score (nSPS) is 10.4. The molecular weight excluding hydrogens is 394 g/mol. The molecule has 0 aromatic heterocycles. The number of rotatable bonds is 13. The van der Waals surface area contributed by atoms with Gasteiger partial charge in [-0.1, -0.05) is 30.4 Å². The van der Waals surface area contributed by atoms with Crippen molar-refractivity contribution in [2.45, 2.75) is 25.7 Å². The first-order valence-corrected chi connectivity index (χ1v) is 10.1. The second-order valence-electron chi connectivity index (χ2n) is 6.50. The van der Waals surface area contributed by atoms with E-state index in [1.54, 1.807) is 29.2 Å². The topological polar surface area (TPSA) is 126 Å². The molecule has 8 heteroatoms. The minimum atomic E-state index is -0.315. The number of allylic oxidation sites excluding steroid dienone is 2. The van der Waals surface area contributed by atoms with Gasteiger partial charge in [-0.25, -0.2) is 0 Å². The molecule has 3 amide bonds. The zero-order valence-corrected chi connectivity index (χ0v) is 17.4. The van der Waals surface area contributed by atoms with Crippen molar-refractivity contribution in [2.24, 2.45) is 0 Å². The third-order valence-corrected chi connectivity index (χ3v) is 4.13. The van der Waals surface area contributed by atoms with E-state index in [1.165, 1.54) is 12.2 Å². The van der Waals surface area contributed by atoms with Gasteiger partial charge in [-0.2, -0.15) is 10.5 Å². The number of nitriles is 2. The van der Waals surface area contributed by atoms with Gasteiger partial charge in [0.1, 0.15) is 13.1 Å². The number of nitrogens with one attached hydrogen (secondary N) is 2. The summed E-state index contributed by atoms with van der Waals surface area (Å²) < 4.78 is 0. The van der Waals surface area contributed by atoms with Gasteiger partial charge in [0.15, 0.2) is 0 Å². The van der Waals surface area contributed by atoms with Crippen molar-refractivity contribution in [3.63, 3.8) is 0 Å². The van der Waals surface area contributed by atoms with Crippen molar-refractivity contribution in [2.75, 3.05) is 26.2 Å². The second kappa shape index (κ2) is 15.9. The highest BCUT2D eigenvalue weighted by atomic mass is 16.2. The van der Waals surface area contributed by atoms with Crippen molar-refractivity contribution < 1.29 is 14.4 Å². The van der Waals surface area contributed by atoms with Gasteiger partial charge < -0.3 is 15.5 Å². The molecule has 1 aromatic carbocycles. The molecule has 8 nitrogen and oxygen atoms in total. The first-order chi connectivity index (χ1) is 15.1. The summed E-state index contributed by atoms with van der Waals surface area (Å²) >= 11 is 0. The van der Waals surface area contributed by atoms with Gasteiger partial charge >= 0.3 is 0 Å². The molecule has 0 fully saturated rings. The Morgan fingerprint density at radius 1 is 0.839 bits per heavy atom. The van der Waals surface area contributed by atoms with E-state index < -0.39 is 0 Å². The molecule has 0 atom stereocenters. The van der Waals surface area contributed by atoms with Gasteiger partial charge in [-0.05, 0) is 50.0 Å². The molecule has 0 radical (unpaired) electrons. The average Bonchev–Trinajstić information content (AvgIpc) is 2.79. The monoisotopic (exact) mass is 421 g/mol. The first kappa shape index (κ1) is 25.1. The number of benzene rings is 1. The molecule has 0 saturated carbocycles. The smallest absolute Gasteiger partial charge is 0.253 e. The lowest BCUT2D eigenvalue weighted by atomic mass is 10.1. The largest absolute Gasteiger partial charge is 0.339 e. The van der Waals surface area contributed by atoms with Crippen molar-refractivity contribution in [3.8, 4) is 12.1 Å². The van der Waals surface area contributed by atoms with Crippen LogP contribution in [-0.2, 0) is 9.59 Å². The van der Waals surface area contributed by atoms with Crippen molar-refractivity contribution in [1.82, 2.24) is 15.5 Å². The maximum absolute atomic E-state index is 12.8. The van der Waals surface area contributed by atoms with Crippen LogP contribution in [0.4, 0.5) is 0 Å². The first-order valence-electron chi connectivity index (χ1n) is 10.1. The van der Waals surface area contributed by atoms with Crippen LogP contribution < -0.4 is 10.6 Å². The average molecular weight is 422 g/mol. The molecule has 0 aliphatic rings. The Bertz CT molecular complexity index is 804. The maximum atomic E-state index is 12.8. The van der Waals surface area contributed by atoms with Gasteiger partial charge in [0.05, 0.1) is 12.1 Å². The number of carbonyl (C=O) groups excluding carboxylic acids is 3. The predicted octanol–water partition coefficient (Wildman–Crippen LogP) is 2.08. The van der Waals surface area contributed by atoms with E-state index in [9.17, 15) is 14.4 Å². The Balaban J connectivity index is 2.53.